The van der Waals surface area contributed by atoms with E-state index in [4.69, 9.17) is 5.11 Å². The highest BCUT2D eigenvalue weighted by atomic mass is 32.2. The standard InChI is InChI=1S/C23H23NO3S/c1-16-4-2-7-23(24-16)22-15-21(22)19-6-3-5-18(14-19)17-8-10-20(11-9-17)28(26,27)13-12-25/h2-11,14,21-22,25H,12-13,15H2,1H3/t21-,22-/m0/s1. The Kier molecular flexibility index (Phi) is 5.04. The number of aryl methyl sites for hydroxylation is 1. The fourth-order valence-corrected chi connectivity index (χ4v) is 4.73. The molecule has 5 heteroatoms. The van der Waals surface area contributed by atoms with Crippen LogP contribution in [0.2, 0.25) is 0 Å². The third kappa shape index (κ3) is 3.86. The first-order valence-electron chi connectivity index (χ1n) is 9.45. The highest BCUT2D eigenvalue weighted by Crippen LogP contribution is 2.54. The maximum Gasteiger partial charge on any atom is 0.180 e. The van der Waals surface area contributed by atoms with Gasteiger partial charge in [0.05, 0.1) is 17.3 Å². The summed E-state index contributed by atoms with van der Waals surface area (Å²) in [6.45, 7) is 1.65. The SMILES string of the molecule is Cc1cccc([C@H]2C[C@H]2c2cccc(-c3ccc(S(=O)(=O)CCO)cc3)c2)n1. The van der Waals surface area contributed by atoms with Crippen molar-refractivity contribution in [3.63, 3.8) is 0 Å². The number of benzene rings is 2. The van der Waals surface area contributed by atoms with Crippen LogP contribution in [0.5, 0.6) is 0 Å². The van der Waals surface area contributed by atoms with Crippen LogP contribution in [0.25, 0.3) is 11.1 Å². The van der Waals surface area contributed by atoms with Gasteiger partial charge < -0.3 is 5.11 Å². The zero-order valence-corrected chi connectivity index (χ0v) is 16.6. The maximum absolute atomic E-state index is 12.1. The molecule has 4 nitrogen and oxygen atoms in total. The average molecular weight is 394 g/mol. The number of hydrogen-bond donors (Lipinski definition) is 1. The van der Waals surface area contributed by atoms with E-state index in [1.54, 1.807) is 12.1 Å². The van der Waals surface area contributed by atoms with Gasteiger partial charge in [-0.15, -0.1) is 0 Å². The largest absolute Gasteiger partial charge is 0.395 e. The molecule has 2 aromatic carbocycles. The van der Waals surface area contributed by atoms with Gasteiger partial charge in [0.1, 0.15) is 0 Å². The molecule has 1 N–H and O–H groups in total. The van der Waals surface area contributed by atoms with Gasteiger partial charge in [0.25, 0.3) is 0 Å². The van der Waals surface area contributed by atoms with Crippen molar-refractivity contribution in [2.45, 2.75) is 30.1 Å². The molecule has 4 rings (SSSR count). The molecule has 1 aliphatic carbocycles. The van der Waals surface area contributed by atoms with E-state index in [2.05, 4.69) is 35.3 Å². The summed E-state index contributed by atoms with van der Waals surface area (Å²) in [6.07, 6.45) is 1.11. The van der Waals surface area contributed by atoms with Crippen LogP contribution in [-0.4, -0.2) is 30.9 Å². The van der Waals surface area contributed by atoms with E-state index in [-0.39, 0.29) is 17.3 Å². The van der Waals surface area contributed by atoms with Crippen molar-refractivity contribution < 1.29 is 13.5 Å². The molecular weight excluding hydrogens is 370 g/mol. The number of nitrogens with zero attached hydrogens (tertiary/aromatic N) is 1. The van der Waals surface area contributed by atoms with Gasteiger partial charge >= 0.3 is 0 Å². The number of rotatable bonds is 6. The lowest BCUT2D eigenvalue weighted by molar-refractivity contribution is 0.319. The summed E-state index contributed by atoms with van der Waals surface area (Å²) in [4.78, 5) is 4.91. The summed E-state index contributed by atoms with van der Waals surface area (Å²) in [5.74, 6) is 0.706. The van der Waals surface area contributed by atoms with E-state index in [9.17, 15) is 8.42 Å². The highest BCUT2D eigenvalue weighted by Gasteiger charge is 2.40. The molecule has 28 heavy (non-hydrogen) atoms. The topological polar surface area (TPSA) is 67.3 Å². The summed E-state index contributed by atoms with van der Waals surface area (Å²) in [5.41, 5.74) is 5.56. The van der Waals surface area contributed by atoms with Crippen LogP contribution >= 0.6 is 0 Å². The zero-order valence-electron chi connectivity index (χ0n) is 15.7. The van der Waals surface area contributed by atoms with E-state index in [1.165, 1.54) is 5.56 Å². The lowest BCUT2D eigenvalue weighted by Gasteiger charge is -2.08. The fraction of sp³-hybridized carbons (Fsp3) is 0.261. The van der Waals surface area contributed by atoms with Gasteiger partial charge in [-0.25, -0.2) is 8.42 Å². The first-order valence-corrected chi connectivity index (χ1v) is 11.1. The smallest absolute Gasteiger partial charge is 0.180 e. The molecule has 0 amide bonds. The second-order valence-corrected chi connectivity index (χ2v) is 9.45. The molecule has 0 bridgehead atoms. The summed E-state index contributed by atoms with van der Waals surface area (Å²) in [6, 6.07) is 21.5. The first kappa shape index (κ1) is 18.8. The van der Waals surface area contributed by atoms with Crippen molar-refractivity contribution in [2.75, 3.05) is 12.4 Å². The number of aromatic nitrogens is 1. The number of hydrogen-bond acceptors (Lipinski definition) is 4. The van der Waals surface area contributed by atoms with Crippen molar-refractivity contribution >= 4 is 9.84 Å². The number of pyridine rings is 1. The van der Waals surface area contributed by atoms with E-state index >= 15 is 0 Å². The lowest BCUT2D eigenvalue weighted by Crippen LogP contribution is -2.09. The maximum atomic E-state index is 12.1. The van der Waals surface area contributed by atoms with E-state index in [1.807, 2.05) is 31.2 Å². The molecule has 0 saturated heterocycles. The number of aliphatic hydroxyl groups is 1. The van der Waals surface area contributed by atoms with Gasteiger partial charge in [0.2, 0.25) is 0 Å². The quantitative estimate of drug-likeness (QED) is 0.685. The monoisotopic (exact) mass is 393 g/mol. The van der Waals surface area contributed by atoms with Gasteiger partial charge in [-0.3, -0.25) is 4.98 Å². The van der Waals surface area contributed by atoms with Crippen LogP contribution in [0.15, 0.2) is 71.6 Å². The molecule has 0 radical (unpaired) electrons. The molecule has 2 atom stereocenters. The minimum Gasteiger partial charge on any atom is -0.395 e. The number of aliphatic hydroxyl groups excluding tert-OH is 1. The summed E-state index contributed by atoms with van der Waals surface area (Å²) in [5, 5.41) is 8.92. The average Bonchev–Trinajstić information content (AvgIpc) is 3.49. The molecule has 1 aromatic heterocycles. The molecule has 0 unspecified atom stereocenters. The first-order chi connectivity index (χ1) is 13.5. The van der Waals surface area contributed by atoms with Crippen molar-refractivity contribution in [1.82, 2.24) is 4.98 Å². The third-order valence-electron chi connectivity index (χ3n) is 5.30. The van der Waals surface area contributed by atoms with E-state index in [0.717, 1.165) is 28.9 Å². The Hall–Kier alpha value is -2.50. The van der Waals surface area contributed by atoms with Crippen molar-refractivity contribution in [3.8, 4) is 11.1 Å². The molecule has 0 aliphatic heterocycles. The molecule has 1 aliphatic rings. The highest BCUT2D eigenvalue weighted by molar-refractivity contribution is 7.91. The summed E-state index contributed by atoms with van der Waals surface area (Å²) in [7, 11) is -3.42. The minimum absolute atomic E-state index is 0.245. The predicted molar refractivity (Wildman–Crippen MR) is 110 cm³/mol. The third-order valence-corrected chi connectivity index (χ3v) is 7.01. The normalized spacial score (nSPS) is 18.8. The van der Waals surface area contributed by atoms with Crippen LogP contribution in [0.3, 0.4) is 0 Å². The minimum atomic E-state index is -3.42. The molecule has 0 spiro atoms. The Balaban J connectivity index is 1.55. The van der Waals surface area contributed by atoms with Gasteiger partial charge in [-0.2, -0.15) is 0 Å². The Bertz CT molecular complexity index is 1090. The molecule has 1 saturated carbocycles. The van der Waals surface area contributed by atoms with Crippen LogP contribution in [0.1, 0.15) is 35.2 Å². The van der Waals surface area contributed by atoms with Crippen LogP contribution in [0, 0.1) is 6.92 Å². The Morgan fingerprint density at radius 2 is 1.71 bits per heavy atom. The van der Waals surface area contributed by atoms with Gasteiger partial charge in [0, 0.05) is 17.3 Å². The Morgan fingerprint density at radius 1 is 0.964 bits per heavy atom. The predicted octanol–water partition coefficient (Wildman–Crippen LogP) is 4.09. The molecule has 1 heterocycles. The zero-order chi connectivity index (χ0) is 19.7. The Morgan fingerprint density at radius 3 is 2.43 bits per heavy atom. The van der Waals surface area contributed by atoms with Crippen LogP contribution in [0.4, 0.5) is 0 Å². The Labute approximate surface area is 165 Å². The van der Waals surface area contributed by atoms with Gasteiger partial charge in [0.15, 0.2) is 9.84 Å². The summed E-state index contributed by atoms with van der Waals surface area (Å²) >= 11 is 0. The summed E-state index contributed by atoms with van der Waals surface area (Å²) < 4.78 is 24.1. The molecule has 3 aromatic rings. The van der Waals surface area contributed by atoms with Crippen LogP contribution < -0.4 is 0 Å². The molecule has 1 fully saturated rings. The van der Waals surface area contributed by atoms with Crippen LogP contribution in [-0.2, 0) is 9.84 Å². The van der Waals surface area contributed by atoms with Gasteiger partial charge in [-0.1, -0.05) is 42.5 Å². The molecule has 144 valence electrons. The lowest BCUT2D eigenvalue weighted by atomic mass is 10.00. The fourth-order valence-electron chi connectivity index (χ4n) is 3.70. The second kappa shape index (κ2) is 7.49. The van der Waals surface area contributed by atoms with Gasteiger partial charge in [-0.05, 0) is 60.2 Å². The van der Waals surface area contributed by atoms with E-state index in [0.29, 0.717) is 11.8 Å². The van der Waals surface area contributed by atoms with E-state index < -0.39 is 9.84 Å². The van der Waals surface area contributed by atoms with Crippen molar-refractivity contribution in [3.05, 3.63) is 83.7 Å². The number of sulfone groups is 1. The van der Waals surface area contributed by atoms with Crippen molar-refractivity contribution in [1.29, 1.82) is 0 Å². The van der Waals surface area contributed by atoms with Crippen molar-refractivity contribution in [2.24, 2.45) is 0 Å². The molecular formula is C23H23NO3S. The second-order valence-electron chi connectivity index (χ2n) is 7.34.